The van der Waals surface area contributed by atoms with E-state index in [0.29, 0.717) is 31.9 Å². The van der Waals surface area contributed by atoms with Gasteiger partial charge in [-0.3, -0.25) is 4.79 Å². The first kappa shape index (κ1) is 25.4. The van der Waals surface area contributed by atoms with Crippen LogP contribution in [-0.2, 0) is 22.4 Å². The molecule has 0 bridgehead atoms. The molecule has 1 amide bonds. The van der Waals surface area contributed by atoms with Crippen LogP contribution in [0.5, 0.6) is 0 Å². The standard InChI is InChI=1S/C24H35N7O3/c1-18(32)26-13-16-31(15-10-21(24(33)34)30-22-9-12-25-17-28-22)14-3-2-6-20-8-7-19-5-4-11-27-23(19)29-20/h7-9,12,17,21H,2-6,10-11,13-16H2,1H3,(H,26,32)(H,27,29)(H,33,34)(H,25,28,30)/t21-/m0/s1. The molecule has 3 rings (SSSR count). The van der Waals surface area contributed by atoms with Crippen molar-refractivity contribution in [1.82, 2.24) is 25.2 Å². The fourth-order valence-electron chi connectivity index (χ4n) is 4.00. The molecule has 1 aliphatic heterocycles. The van der Waals surface area contributed by atoms with Crippen LogP contribution in [-0.4, -0.2) is 75.6 Å². The average Bonchev–Trinajstić information content (AvgIpc) is 2.84. The molecule has 1 aliphatic rings. The molecule has 3 heterocycles. The fourth-order valence-corrected chi connectivity index (χ4v) is 4.00. The Morgan fingerprint density at radius 3 is 2.85 bits per heavy atom. The number of fused-ring (bicyclic) bond motifs is 1. The number of hydrogen-bond donors (Lipinski definition) is 4. The smallest absolute Gasteiger partial charge is 0.326 e. The minimum absolute atomic E-state index is 0.0686. The molecule has 1 atom stereocenters. The number of amides is 1. The first-order valence-electron chi connectivity index (χ1n) is 12.0. The summed E-state index contributed by atoms with van der Waals surface area (Å²) in [4.78, 5) is 37.9. The van der Waals surface area contributed by atoms with Crippen molar-refractivity contribution in [1.29, 1.82) is 0 Å². The van der Waals surface area contributed by atoms with Gasteiger partial charge in [-0.05, 0) is 62.8 Å². The van der Waals surface area contributed by atoms with Crippen LogP contribution in [0.1, 0.15) is 43.9 Å². The topological polar surface area (TPSA) is 132 Å². The highest BCUT2D eigenvalue weighted by atomic mass is 16.4. The van der Waals surface area contributed by atoms with Gasteiger partial charge in [-0.1, -0.05) is 6.07 Å². The van der Waals surface area contributed by atoms with Crippen LogP contribution in [0.2, 0.25) is 0 Å². The van der Waals surface area contributed by atoms with Gasteiger partial charge in [-0.2, -0.15) is 0 Å². The molecule has 10 heteroatoms. The number of unbranched alkanes of at least 4 members (excludes halogenated alkanes) is 1. The van der Waals surface area contributed by atoms with Crippen molar-refractivity contribution in [3.8, 4) is 0 Å². The Morgan fingerprint density at radius 2 is 2.09 bits per heavy atom. The third-order valence-corrected chi connectivity index (χ3v) is 5.85. The van der Waals surface area contributed by atoms with Crippen molar-refractivity contribution in [2.45, 2.75) is 51.5 Å². The average molecular weight is 470 g/mol. The van der Waals surface area contributed by atoms with Crippen LogP contribution >= 0.6 is 0 Å². The summed E-state index contributed by atoms with van der Waals surface area (Å²) in [5.41, 5.74) is 2.39. The number of hydrogen-bond acceptors (Lipinski definition) is 8. The van der Waals surface area contributed by atoms with Gasteiger partial charge in [-0.15, -0.1) is 0 Å². The van der Waals surface area contributed by atoms with Crippen LogP contribution in [0.15, 0.2) is 30.7 Å². The van der Waals surface area contributed by atoms with Gasteiger partial charge in [0.2, 0.25) is 5.91 Å². The van der Waals surface area contributed by atoms with Crippen molar-refractivity contribution >= 4 is 23.5 Å². The second-order valence-corrected chi connectivity index (χ2v) is 8.54. The van der Waals surface area contributed by atoms with Crippen molar-refractivity contribution in [2.24, 2.45) is 0 Å². The quantitative estimate of drug-likeness (QED) is 0.306. The molecule has 0 radical (unpaired) electrons. The second-order valence-electron chi connectivity index (χ2n) is 8.54. The predicted molar refractivity (Wildman–Crippen MR) is 131 cm³/mol. The number of nitrogens with zero attached hydrogens (tertiary/aromatic N) is 4. The number of carboxylic acids is 1. The van der Waals surface area contributed by atoms with E-state index < -0.39 is 12.0 Å². The van der Waals surface area contributed by atoms with Crippen molar-refractivity contribution in [3.05, 3.63) is 42.0 Å². The van der Waals surface area contributed by atoms with Crippen LogP contribution in [0.3, 0.4) is 0 Å². The summed E-state index contributed by atoms with van der Waals surface area (Å²) in [6.45, 7) is 5.09. The maximum Gasteiger partial charge on any atom is 0.326 e. The van der Waals surface area contributed by atoms with Gasteiger partial charge >= 0.3 is 5.97 Å². The maximum absolute atomic E-state index is 11.7. The van der Waals surface area contributed by atoms with Crippen LogP contribution in [0, 0.1) is 0 Å². The summed E-state index contributed by atoms with van der Waals surface area (Å²) in [7, 11) is 0. The fraction of sp³-hybridized carbons (Fsp3) is 0.542. The largest absolute Gasteiger partial charge is 0.480 e. The van der Waals surface area contributed by atoms with Gasteiger partial charge in [0.15, 0.2) is 0 Å². The molecule has 0 fully saturated rings. The predicted octanol–water partition coefficient (Wildman–Crippen LogP) is 1.95. The van der Waals surface area contributed by atoms with Crippen LogP contribution < -0.4 is 16.0 Å². The lowest BCUT2D eigenvalue weighted by Crippen LogP contribution is -2.39. The van der Waals surface area contributed by atoms with Crippen LogP contribution in [0.25, 0.3) is 0 Å². The normalized spacial score (nSPS) is 13.6. The summed E-state index contributed by atoms with van der Waals surface area (Å²) in [6.07, 6.45) is 8.46. The summed E-state index contributed by atoms with van der Waals surface area (Å²) >= 11 is 0. The number of nitrogens with one attached hydrogen (secondary N) is 3. The number of aryl methyl sites for hydroxylation is 2. The van der Waals surface area contributed by atoms with E-state index in [1.807, 2.05) is 0 Å². The van der Waals surface area contributed by atoms with Gasteiger partial charge in [0, 0.05) is 45.0 Å². The third kappa shape index (κ3) is 8.58. The number of aliphatic carboxylic acids is 1. The molecule has 0 spiro atoms. The van der Waals surface area contributed by atoms with E-state index in [2.05, 4.69) is 43.0 Å². The number of pyridine rings is 1. The minimum atomic E-state index is -0.924. The molecule has 0 aliphatic carbocycles. The lowest BCUT2D eigenvalue weighted by atomic mass is 10.1. The maximum atomic E-state index is 11.7. The van der Waals surface area contributed by atoms with E-state index in [1.54, 1.807) is 12.3 Å². The Labute approximate surface area is 200 Å². The van der Waals surface area contributed by atoms with E-state index >= 15 is 0 Å². The van der Waals surface area contributed by atoms with Gasteiger partial charge < -0.3 is 26.0 Å². The molecule has 0 saturated carbocycles. The monoisotopic (exact) mass is 469 g/mol. The Kier molecular flexibility index (Phi) is 10.0. The molecule has 2 aromatic heterocycles. The zero-order valence-corrected chi connectivity index (χ0v) is 19.8. The van der Waals surface area contributed by atoms with Gasteiger partial charge in [0.25, 0.3) is 0 Å². The molecule has 184 valence electrons. The SMILES string of the molecule is CC(=O)NCCN(CCCCc1ccc2c(n1)NCCC2)CC[C@H](Nc1ccncn1)C(=O)O. The second kappa shape index (κ2) is 13.4. The number of carbonyl (C=O) groups excluding carboxylic acids is 1. The first-order valence-corrected chi connectivity index (χ1v) is 12.0. The summed E-state index contributed by atoms with van der Waals surface area (Å²) in [5, 5.41) is 18.8. The Morgan fingerprint density at radius 1 is 1.21 bits per heavy atom. The molecular formula is C24H35N7O3. The van der Waals surface area contributed by atoms with Crippen molar-refractivity contribution in [2.75, 3.05) is 43.4 Å². The molecule has 34 heavy (non-hydrogen) atoms. The van der Waals surface area contributed by atoms with Gasteiger partial charge in [0.05, 0.1) is 0 Å². The Bertz CT molecular complexity index is 926. The highest BCUT2D eigenvalue weighted by molar-refractivity contribution is 5.76. The minimum Gasteiger partial charge on any atom is -0.480 e. The Balaban J connectivity index is 1.48. The van der Waals surface area contributed by atoms with Gasteiger partial charge in [-0.25, -0.2) is 19.7 Å². The van der Waals surface area contributed by atoms with Crippen molar-refractivity contribution in [3.63, 3.8) is 0 Å². The van der Waals surface area contributed by atoms with E-state index in [-0.39, 0.29) is 5.91 Å². The molecule has 4 N–H and O–H groups in total. The summed E-state index contributed by atoms with van der Waals surface area (Å²) in [5.74, 6) is 0.518. The van der Waals surface area contributed by atoms with E-state index in [1.165, 1.54) is 18.8 Å². The lowest BCUT2D eigenvalue weighted by molar-refractivity contribution is -0.138. The van der Waals surface area contributed by atoms with E-state index in [9.17, 15) is 14.7 Å². The Hall–Kier alpha value is -3.27. The summed E-state index contributed by atoms with van der Waals surface area (Å²) in [6, 6.07) is 5.19. The summed E-state index contributed by atoms with van der Waals surface area (Å²) < 4.78 is 0. The zero-order chi connectivity index (χ0) is 24.2. The number of carboxylic acid groups (broad SMARTS) is 1. The molecule has 0 aromatic carbocycles. The van der Waals surface area contributed by atoms with Crippen LogP contribution in [0.4, 0.5) is 11.6 Å². The van der Waals surface area contributed by atoms with Gasteiger partial charge in [0.1, 0.15) is 24.0 Å². The van der Waals surface area contributed by atoms with E-state index in [4.69, 9.17) is 4.98 Å². The third-order valence-electron chi connectivity index (χ3n) is 5.85. The molecule has 0 saturated heterocycles. The highest BCUT2D eigenvalue weighted by Crippen LogP contribution is 2.20. The molecule has 10 nitrogen and oxygen atoms in total. The molecule has 2 aromatic rings. The number of aromatic nitrogens is 3. The van der Waals surface area contributed by atoms with Crippen molar-refractivity contribution < 1.29 is 14.7 Å². The lowest BCUT2D eigenvalue weighted by Gasteiger charge is -2.24. The first-order chi connectivity index (χ1) is 16.5. The number of rotatable bonds is 14. The molecule has 0 unspecified atom stereocenters. The molecular weight excluding hydrogens is 434 g/mol. The highest BCUT2D eigenvalue weighted by Gasteiger charge is 2.19. The number of anilines is 2. The number of carbonyl (C=O) groups is 2. The zero-order valence-electron chi connectivity index (χ0n) is 19.8. The van der Waals surface area contributed by atoms with E-state index in [0.717, 1.165) is 56.7 Å².